The number of imidazole rings is 1. The summed E-state index contributed by atoms with van der Waals surface area (Å²) in [5, 5.41) is 31.4. The fourth-order valence-electron chi connectivity index (χ4n) is 4.30. The zero-order chi connectivity index (χ0) is 20.6. The quantitative estimate of drug-likeness (QED) is 0.537. The van der Waals surface area contributed by atoms with E-state index in [-0.39, 0.29) is 29.0 Å². The number of aliphatic hydroxyl groups excluding tert-OH is 1. The third kappa shape index (κ3) is 1.91. The molecule has 8 nitrogen and oxygen atoms in total. The van der Waals surface area contributed by atoms with Crippen molar-refractivity contribution in [1.29, 1.82) is 10.5 Å². The van der Waals surface area contributed by atoms with Crippen molar-refractivity contribution in [1.82, 2.24) is 14.3 Å². The van der Waals surface area contributed by atoms with E-state index in [9.17, 15) is 25.2 Å². The number of rotatable bonds is 1. The minimum absolute atomic E-state index is 0.117. The molecule has 1 aliphatic rings. The predicted octanol–water partition coefficient (Wildman–Crippen LogP) is 2.04. The van der Waals surface area contributed by atoms with Crippen molar-refractivity contribution in [2.75, 3.05) is 0 Å². The molecule has 0 saturated heterocycles. The summed E-state index contributed by atoms with van der Waals surface area (Å²) >= 11 is 0. The number of nitrogens with zero attached hydrogens (tertiary/aromatic N) is 5. The van der Waals surface area contributed by atoms with Gasteiger partial charge in [0.25, 0.3) is 11.5 Å². The van der Waals surface area contributed by atoms with Crippen LogP contribution in [0.15, 0.2) is 29.1 Å². The van der Waals surface area contributed by atoms with Crippen LogP contribution in [-0.2, 0) is 0 Å². The molecule has 3 heterocycles. The number of benzene rings is 2. The van der Waals surface area contributed by atoms with Crippen LogP contribution in [0, 0.1) is 22.7 Å². The standard InChI is InChI=1S/C21H13N5O3/c1-9(2)25-19(27)12-4-3-10-16-11(5-6-13(17(12)16)20(25)28)21(29)26-15(8-23)14(7-22)24-18(10)26/h3-6,9,19,27H,1-2H3. The van der Waals surface area contributed by atoms with Crippen LogP contribution in [0.1, 0.15) is 47.4 Å². The fraction of sp³-hybridized carbons (Fsp3) is 0.190. The van der Waals surface area contributed by atoms with Gasteiger partial charge >= 0.3 is 0 Å². The lowest BCUT2D eigenvalue weighted by molar-refractivity contribution is -0.00895. The molecule has 4 aromatic rings. The number of aliphatic hydroxyl groups is 1. The van der Waals surface area contributed by atoms with E-state index in [0.29, 0.717) is 32.7 Å². The van der Waals surface area contributed by atoms with E-state index >= 15 is 0 Å². The second-order valence-electron chi connectivity index (χ2n) is 7.29. The zero-order valence-corrected chi connectivity index (χ0v) is 15.5. The second-order valence-corrected chi connectivity index (χ2v) is 7.29. The Morgan fingerprint density at radius 1 is 1.07 bits per heavy atom. The Morgan fingerprint density at radius 3 is 2.45 bits per heavy atom. The van der Waals surface area contributed by atoms with E-state index in [1.54, 1.807) is 24.3 Å². The zero-order valence-electron chi connectivity index (χ0n) is 15.5. The second kappa shape index (κ2) is 5.51. The van der Waals surface area contributed by atoms with Gasteiger partial charge in [0.2, 0.25) is 0 Å². The topological polar surface area (TPSA) is 122 Å². The molecule has 1 unspecified atom stereocenters. The smallest absolute Gasteiger partial charge is 0.265 e. The molecule has 2 aromatic carbocycles. The number of hydrogen-bond acceptors (Lipinski definition) is 6. The van der Waals surface area contributed by atoms with Crippen LogP contribution in [0.4, 0.5) is 0 Å². The third-order valence-corrected chi connectivity index (χ3v) is 5.52. The summed E-state index contributed by atoms with van der Waals surface area (Å²) in [6.45, 7) is 3.64. The van der Waals surface area contributed by atoms with Crippen molar-refractivity contribution in [2.24, 2.45) is 0 Å². The van der Waals surface area contributed by atoms with E-state index in [1.807, 2.05) is 26.0 Å². The van der Waals surface area contributed by atoms with Crippen molar-refractivity contribution in [3.8, 4) is 12.1 Å². The highest BCUT2D eigenvalue weighted by Gasteiger charge is 2.36. The number of amides is 1. The molecule has 1 N–H and O–H groups in total. The van der Waals surface area contributed by atoms with Crippen LogP contribution < -0.4 is 5.56 Å². The first-order chi connectivity index (χ1) is 13.9. The molecular formula is C21H13N5O3. The molecule has 2 aromatic heterocycles. The Morgan fingerprint density at radius 2 is 1.79 bits per heavy atom. The van der Waals surface area contributed by atoms with Crippen molar-refractivity contribution in [2.45, 2.75) is 26.1 Å². The van der Waals surface area contributed by atoms with E-state index in [0.717, 1.165) is 4.40 Å². The Hall–Kier alpha value is -4.01. The number of carbonyl (C=O) groups is 1. The van der Waals surface area contributed by atoms with Gasteiger partial charge in [-0.05, 0) is 26.0 Å². The monoisotopic (exact) mass is 383 g/mol. The lowest BCUT2D eigenvalue weighted by Crippen LogP contribution is -2.42. The molecule has 5 rings (SSSR count). The minimum Gasteiger partial charge on any atom is -0.369 e. The Bertz CT molecular complexity index is 1520. The molecule has 8 heteroatoms. The van der Waals surface area contributed by atoms with Gasteiger partial charge in [0, 0.05) is 38.7 Å². The number of fused-ring (bicyclic) bond motifs is 2. The fourth-order valence-corrected chi connectivity index (χ4v) is 4.30. The van der Waals surface area contributed by atoms with Gasteiger partial charge in [0.1, 0.15) is 17.8 Å². The first-order valence-corrected chi connectivity index (χ1v) is 8.99. The van der Waals surface area contributed by atoms with Crippen molar-refractivity contribution >= 4 is 33.1 Å². The van der Waals surface area contributed by atoms with E-state index in [2.05, 4.69) is 4.98 Å². The molecule has 0 fully saturated rings. The summed E-state index contributed by atoms with van der Waals surface area (Å²) in [6.07, 6.45) is -1.14. The molecule has 0 bridgehead atoms. The summed E-state index contributed by atoms with van der Waals surface area (Å²) in [7, 11) is 0. The molecule has 1 atom stereocenters. The van der Waals surface area contributed by atoms with Gasteiger partial charge < -0.3 is 10.0 Å². The summed E-state index contributed by atoms with van der Waals surface area (Å²) in [5.74, 6) is -0.319. The lowest BCUT2D eigenvalue weighted by atomic mass is 9.89. The minimum atomic E-state index is -1.14. The van der Waals surface area contributed by atoms with Crippen LogP contribution in [0.3, 0.4) is 0 Å². The van der Waals surface area contributed by atoms with Gasteiger partial charge in [0.05, 0.1) is 0 Å². The largest absolute Gasteiger partial charge is 0.369 e. The van der Waals surface area contributed by atoms with Crippen molar-refractivity contribution in [3.63, 3.8) is 0 Å². The first-order valence-electron chi connectivity index (χ1n) is 8.99. The maximum atomic E-state index is 13.2. The SMILES string of the molecule is CC(C)N1C(=O)c2ccc3c(=O)n4c(C#N)c(C#N)nc4c4ccc(c2c34)C1O. The molecule has 0 aliphatic carbocycles. The van der Waals surface area contributed by atoms with Crippen molar-refractivity contribution in [3.05, 3.63) is 57.1 Å². The van der Waals surface area contributed by atoms with Gasteiger partial charge in [-0.1, -0.05) is 12.1 Å². The predicted molar refractivity (Wildman–Crippen MR) is 103 cm³/mol. The molecule has 0 radical (unpaired) electrons. The molecule has 0 spiro atoms. The highest BCUT2D eigenvalue weighted by Crippen LogP contribution is 2.41. The Labute approximate surface area is 163 Å². The van der Waals surface area contributed by atoms with E-state index in [4.69, 9.17) is 0 Å². The highest BCUT2D eigenvalue weighted by molar-refractivity contribution is 6.22. The van der Waals surface area contributed by atoms with Crippen LogP contribution in [-0.4, -0.2) is 31.3 Å². The van der Waals surface area contributed by atoms with Crippen LogP contribution in [0.2, 0.25) is 0 Å². The Kier molecular flexibility index (Phi) is 3.25. The molecule has 1 aliphatic heterocycles. The van der Waals surface area contributed by atoms with Gasteiger partial charge in [0.15, 0.2) is 17.6 Å². The van der Waals surface area contributed by atoms with Crippen LogP contribution in [0.5, 0.6) is 0 Å². The molecule has 0 saturated carbocycles. The maximum absolute atomic E-state index is 13.2. The number of aromatic nitrogens is 2. The molecule has 1 amide bonds. The number of carbonyl (C=O) groups excluding carboxylic acids is 1. The average Bonchev–Trinajstić information content (AvgIpc) is 3.09. The van der Waals surface area contributed by atoms with Crippen molar-refractivity contribution < 1.29 is 9.90 Å². The summed E-state index contributed by atoms with van der Waals surface area (Å²) in [6, 6.07) is 10.0. The number of pyridine rings is 1. The lowest BCUT2D eigenvalue weighted by Gasteiger charge is -2.36. The highest BCUT2D eigenvalue weighted by atomic mass is 16.3. The van der Waals surface area contributed by atoms with Crippen LogP contribution >= 0.6 is 0 Å². The van der Waals surface area contributed by atoms with Gasteiger partial charge in [-0.15, -0.1) is 0 Å². The molecular weight excluding hydrogens is 370 g/mol. The van der Waals surface area contributed by atoms with Crippen LogP contribution in [0.25, 0.3) is 27.2 Å². The average molecular weight is 383 g/mol. The van der Waals surface area contributed by atoms with Gasteiger partial charge in [-0.25, -0.2) is 9.38 Å². The molecule has 29 heavy (non-hydrogen) atoms. The normalized spacial score (nSPS) is 16.1. The summed E-state index contributed by atoms with van der Waals surface area (Å²) in [5.41, 5.74) is 0.377. The third-order valence-electron chi connectivity index (χ3n) is 5.52. The van der Waals surface area contributed by atoms with Gasteiger partial charge in [-0.2, -0.15) is 10.5 Å². The maximum Gasteiger partial charge on any atom is 0.265 e. The van der Waals surface area contributed by atoms with Gasteiger partial charge in [-0.3, -0.25) is 9.59 Å². The summed E-state index contributed by atoms with van der Waals surface area (Å²) in [4.78, 5) is 31.8. The number of hydrogen-bond donors (Lipinski definition) is 1. The first kappa shape index (κ1) is 17.1. The molecule has 140 valence electrons. The number of nitriles is 2. The Balaban J connectivity index is 2.04. The summed E-state index contributed by atoms with van der Waals surface area (Å²) < 4.78 is 1.14. The van der Waals surface area contributed by atoms with E-state index in [1.165, 1.54) is 4.90 Å². The van der Waals surface area contributed by atoms with E-state index < -0.39 is 11.8 Å².